The van der Waals surface area contributed by atoms with E-state index < -0.39 is 0 Å². The number of pyridine rings is 1. The third kappa shape index (κ3) is 2.62. The molecule has 0 saturated heterocycles. The van der Waals surface area contributed by atoms with E-state index in [0.29, 0.717) is 5.92 Å². The van der Waals surface area contributed by atoms with E-state index in [-0.39, 0.29) is 0 Å². The van der Waals surface area contributed by atoms with Gasteiger partial charge in [-0.05, 0) is 31.5 Å². The van der Waals surface area contributed by atoms with Crippen molar-refractivity contribution < 1.29 is 0 Å². The van der Waals surface area contributed by atoms with Crippen molar-refractivity contribution in [2.45, 2.75) is 13.8 Å². The average Bonchev–Trinajstić information content (AvgIpc) is 2.44. The van der Waals surface area contributed by atoms with Crippen molar-refractivity contribution in [3.8, 4) is 0 Å². The van der Waals surface area contributed by atoms with Gasteiger partial charge in [0.15, 0.2) is 0 Å². The Bertz CT molecular complexity index is 505. The van der Waals surface area contributed by atoms with Crippen LogP contribution < -0.4 is 10.6 Å². The molecule has 0 aliphatic heterocycles. The molecule has 0 aliphatic carbocycles. The molecule has 0 saturated carbocycles. The van der Waals surface area contributed by atoms with Crippen LogP contribution >= 0.6 is 0 Å². The molecular weight excluding hydrogens is 222 g/mol. The highest BCUT2D eigenvalue weighted by atomic mass is 15.1. The fourth-order valence-corrected chi connectivity index (χ4v) is 2.21. The molecule has 2 N–H and O–H groups in total. The van der Waals surface area contributed by atoms with Gasteiger partial charge in [-0.15, -0.1) is 0 Å². The molecule has 18 heavy (non-hydrogen) atoms. The molecule has 2 aromatic rings. The van der Waals surface area contributed by atoms with Gasteiger partial charge in [-0.2, -0.15) is 0 Å². The van der Waals surface area contributed by atoms with Gasteiger partial charge in [-0.1, -0.05) is 25.1 Å². The Morgan fingerprint density at radius 1 is 1.28 bits per heavy atom. The summed E-state index contributed by atoms with van der Waals surface area (Å²) in [6, 6.07) is 10.4. The predicted octanol–water partition coefficient (Wildman–Crippen LogP) is 2.66. The first-order valence-electron chi connectivity index (χ1n) is 6.55. The zero-order chi connectivity index (χ0) is 13.0. The highest BCUT2D eigenvalue weighted by Crippen LogP contribution is 2.25. The zero-order valence-electron chi connectivity index (χ0n) is 11.1. The van der Waals surface area contributed by atoms with Gasteiger partial charge in [0, 0.05) is 30.4 Å². The molecule has 0 bridgehead atoms. The second-order valence-electron chi connectivity index (χ2n) is 4.73. The second-order valence-corrected chi connectivity index (χ2v) is 4.73. The summed E-state index contributed by atoms with van der Waals surface area (Å²) in [7, 11) is 0. The van der Waals surface area contributed by atoms with Crippen LogP contribution in [-0.2, 0) is 0 Å². The summed E-state index contributed by atoms with van der Waals surface area (Å²) in [5, 5.41) is 1.21. The van der Waals surface area contributed by atoms with E-state index >= 15 is 0 Å². The molecule has 0 amide bonds. The minimum Gasteiger partial charge on any atom is -0.371 e. The fourth-order valence-electron chi connectivity index (χ4n) is 2.21. The first-order chi connectivity index (χ1) is 8.76. The number of nitrogens with two attached hydrogens (primary N) is 1. The van der Waals surface area contributed by atoms with E-state index in [9.17, 15) is 0 Å². The Morgan fingerprint density at radius 2 is 2.06 bits per heavy atom. The summed E-state index contributed by atoms with van der Waals surface area (Å²) in [5.74, 6) is 0.497. The number of para-hydroxylation sites is 1. The summed E-state index contributed by atoms with van der Waals surface area (Å²) in [6.07, 6.45) is 1.88. The SMILES string of the molecule is CCN(CC(C)CN)c1ccnc2ccccc12. The molecule has 3 nitrogen and oxygen atoms in total. The lowest BCUT2D eigenvalue weighted by Crippen LogP contribution is -2.31. The van der Waals surface area contributed by atoms with Gasteiger partial charge in [0.2, 0.25) is 0 Å². The van der Waals surface area contributed by atoms with Crippen LogP contribution in [-0.4, -0.2) is 24.6 Å². The van der Waals surface area contributed by atoms with Crippen molar-refractivity contribution in [3.63, 3.8) is 0 Å². The van der Waals surface area contributed by atoms with Crippen LogP contribution in [0.15, 0.2) is 36.5 Å². The molecule has 0 radical (unpaired) electrons. The van der Waals surface area contributed by atoms with Gasteiger partial charge in [0.05, 0.1) is 5.52 Å². The third-order valence-corrected chi connectivity index (χ3v) is 3.28. The highest BCUT2D eigenvalue weighted by molar-refractivity contribution is 5.91. The van der Waals surface area contributed by atoms with Crippen molar-refractivity contribution in [2.75, 3.05) is 24.5 Å². The number of hydrogen-bond donors (Lipinski definition) is 1. The van der Waals surface area contributed by atoms with Crippen molar-refractivity contribution in [3.05, 3.63) is 36.5 Å². The van der Waals surface area contributed by atoms with Crippen molar-refractivity contribution in [1.29, 1.82) is 0 Å². The predicted molar refractivity (Wildman–Crippen MR) is 77.8 cm³/mol. The number of anilines is 1. The van der Waals surface area contributed by atoms with Crippen molar-refractivity contribution >= 4 is 16.6 Å². The summed E-state index contributed by atoms with van der Waals surface area (Å²) < 4.78 is 0. The van der Waals surface area contributed by atoms with Crippen LogP contribution in [0.5, 0.6) is 0 Å². The van der Waals surface area contributed by atoms with Crippen LogP contribution in [0.25, 0.3) is 10.9 Å². The van der Waals surface area contributed by atoms with E-state index in [1.807, 2.05) is 12.3 Å². The average molecular weight is 243 g/mol. The first-order valence-corrected chi connectivity index (χ1v) is 6.55. The molecule has 0 fully saturated rings. The molecule has 96 valence electrons. The lowest BCUT2D eigenvalue weighted by molar-refractivity contribution is 0.577. The lowest BCUT2D eigenvalue weighted by atomic mass is 10.1. The largest absolute Gasteiger partial charge is 0.371 e. The molecule has 1 aromatic heterocycles. The Kier molecular flexibility index (Phi) is 4.15. The monoisotopic (exact) mass is 243 g/mol. The Morgan fingerprint density at radius 3 is 2.78 bits per heavy atom. The van der Waals surface area contributed by atoms with E-state index in [1.165, 1.54) is 11.1 Å². The fraction of sp³-hybridized carbons (Fsp3) is 0.400. The number of nitrogens with zero attached hydrogens (tertiary/aromatic N) is 2. The molecule has 2 rings (SSSR count). The van der Waals surface area contributed by atoms with Crippen LogP contribution in [0.4, 0.5) is 5.69 Å². The zero-order valence-corrected chi connectivity index (χ0v) is 11.1. The standard InChI is InChI=1S/C15H21N3/c1-3-18(11-12(2)10-16)15-8-9-17-14-7-5-4-6-13(14)15/h4-9,12H,3,10-11,16H2,1-2H3. The molecule has 0 aliphatic rings. The van der Waals surface area contributed by atoms with Gasteiger partial charge in [-0.3, -0.25) is 4.98 Å². The van der Waals surface area contributed by atoms with E-state index in [4.69, 9.17) is 5.73 Å². The molecule has 1 aromatic carbocycles. The summed E-state index contributed by atoms with van der Waals surface area (Å²) in [5.41, 5.74) is 8.03. The summed E-state index contributed by atoms with van der Waals surface area (Å²) in [4.78, 5) is 6.78. The Balaban J connectivity index is 2.38. The summed E-state index contributed by atoms with van der Waals surface area (Å²) in [6.45, 7) is 7.06. The maximum Gasteiger partial charge on any atom is 0.0722 e. The van der Waals surface area contributed by atoms with Gasteiger partial charge >= 0.3 is 0 Å². The molecule has 1 heterocycles. The van der Waals surface area contributed by atoms with Gasteiger partial charge < -0.3 is 10.6 Å². The van der Waals surface area contributed by atoms with E-state index in [2.05, 4.69) is 48.0 Å². The normalized spacial score (nSPS) is 12.6. The maximum atomic E-state index is 5.73. The van der Waals surface area contributed by atoms with Gasteiger partial charge in [0.25, 0.3) is 0 Å². The van der Waals surface area contributed by atoms with E-state index in [0.717, 1.165) is 25.2 Å². The van der Waals surface area contributed by atoms with Crippen LogP contribution in [0.1, 0.15) is 13.8 Å². The van der Waals surface area contributed by atoms with E-state index in [1.54, 1.807) is 0 Å². The Hall–Kier alpha value is -1.61. The number of fused-ring (bicyclic) bond motifs is 1. The lowest BCUT2D eigenvalue weighted by Gasteiger charge is -2.27. The minimum atomic E-state index is 0.497. The van der Waals surface area contributed by atoms with Crippen molar-refractivity contribution in [1.82, 2.24) is 4.98 Å². The quantitative estimate of drug-likeness (QED) is 0.878. The third-order valence-electron chi connectivity index (χ3n) is 3.28. The van der Waals surface area contributed by atoms with Crippen LogP contribution in [0, 0.1) is 5.92 Å². The minimum absolute atomic E-state index is 0.497. The Labute approximate surface area is 109 Å². The second kappa shape index (κ2) is 5.83. The molecule has 1 atom stereocenters. The molecule has 3 heteroatoms. The van der Waals surface area contributed by atoms with Gasteiger partial charge in [-0.25, -0.2) is 0 Å². The van der Waals surface area contributed by atoms with Gasteiger partial charge in [0.1, 0.15) is 0 Å². The topological polar surface area (TPSA) is 42.1 Å². The smallest absolute Gasteiger partial charge is 0.0722 e. The van der Waals surface area contributed by atoms with Crippen LogP contribution in [0.2, 0.25) is 0 Å². The number of aromatic nitrogens is 1. The summed E-state index contributed by atoms with van der Waals surface area (Å²) >= 11 is 0. The maximum absolute atomic E-state index is 5.73. The highest BCUT2D eigenvalue weighted by Gasteiger charge is 2.11. The molecular formula is C15H21N3. The number of benzene rings is 1. The van der Waals surface area contributed by atoms with Crippen LogP contribution in [0.3, 0.4) is 0 Å². The first kappa shape index (κ1) is 12.8. The number of rotatable bonds is 5. The number of hydrogen-bond acceptors (Lipinski definition) is 3. The molecule has 1 unspecified atom stereocenters. The van der Waals surface area contributed by atoms with Crippen molar-refractivity contribution in [2.24, 2.45) is 11.7 Å². The molecule has 0 spiro atoms.